The molecule has 0 bridgehead atoms. The molecule has 2 atom stereocenters. The number of piperazine rings is 1. The van der Waals surface area contributed by atoms with Crippen molar-refractivity contribution in [3.05, 3.63) is 59.5 Å². The normalized spacial score (nSPS) is 21.2. The second-order valence-corrected chi connectivity index (χ2v) is 9.60. The van der Waals surface area contributed by atoms with Gasteiger partial charge in [0.15, 0.2) is 0 Å². The van der Waals surface area contributed by atoms with Gasteiger partial charge in [-0.25, -0.2) is 0 Å². The number of likely N-dealkylation sites (tertiary alicyclic amines) is 1. The van der Waals surface area contributed by atoms with E-state index in [4.69, 9.17) is 4.42 Å². The molecule has 2 amide bonds. The van der Waals surface area contributed by atoms with E-state index < -0.39 is 18.0 Å². The minimum Gasteiger partial charge on any atom is -0.454 e. The predicted molar refractivity (Wildman–Crippen MR) is 124 cm³/mol. The van der Waals surface area contributed by atoms with Crippen molar-refractivity contribution in [3.63, 3.8) is 0 Å². The molecule has 35 heavy (non-hydrogen) atoms. The molecule has 0 aliphatic carbocycles. The highest BCUT2D eigenvalue weighted by Crippen LogP contribution is 2.37. The first-order valence-electron chi connectivity index (χ1n) is 12.1. The number of nitrogens with zero attached hydrogens (tertiary/aromatic N) is 3. The monoisotopic (exact) mass is 491 g/mol. The van der Waals surface area contributed by atoms with Gasteiger partial charge in [0, 0.05) is 52.1 Å². The molecule has 9 heteroatoms. The van der Waals surface area contributed by atoms with Gasteiger partial charge in [0.25, 0.3) is 0 Å². The molecule has 2 aliphatic rings. The Bertz CT molecular complexity index is 1020. The van der Waals surface area contributed by atoms with E-state index in [0.29, 0.717) is 39.1 Å². The topological polar surface area (TPSA) is 57.0 Å². The van der Waals surface area contributed by atoms with Gasteiger partial charge in [0.2, 0.25) is 17.6 Å². The first-order valence-corrected chi connectivity index (χ1v) is 12.1. The number of hydrogen-bond acceptors (Lipinski definition) is 4. The molecule has 2 aliphatic heterocycles. The van der Waals surface area contributed by atoms with Crippen LogP contribution >= 0.6 is 0 Å². The van der Waals surface area contributed by atoms with E-state index in [9.17, 15) is 22.8 Å². The third-order valence-electron chi connectivity index (χ3n) is 7.16. The lowest BCUT2D eigenvalue weighted by Crippen LogP contribution is -2.55. The maximum Gasteiger partial charge on any atom is 0.449 e. The summed E-state index contributed by atoms with van der Waals surface area (Å²) in [5, 5.41) is 0. The Morgan fingerprint density at radius 1 is 1.03 bits per heavy atom. The van der Waals surface area contributed by atoms with Crippen LogP contribution in [0.2, 0.25) is 0 Å². The molecule has 0 spiro atoms. The van der Waals surface area contributed by atoms with Crippen LogP contribution in [0.3, 0.4) is 0 Å². The fourth-order valence-electron chi connectivity index (χ4n) is 5.25. The fraction of sp³-hybridized carbons (Fsp3) is 0.538. The summed E-state index contributed by atoms with van der Waals surface area (Å²) < 4.78 is 44.9. The average molecular weight is 492 g/mol. The van der Waals surface area contributed by atoms with Crippen molar-refractivity contribution in [2.24, 2.45) is 5.92 Å². The zero-order valence-corrected chi connectivity index (χ0v) is 20.1. The minimum atomic E-state index is -4.54. The number of carbonyl (C=O) groups is 2. The van der Waals surface area contributed by atoms with Gasteiger partial charge in [0.05, 0.1) is 6.04 Å². The van der Waals surface area contributed by atoms with Gasteiger partial charge in [-0.3, -0.25) is 14.5 Å². The van der Waals surface area contributed by atoms with Crippen LogP contribution in [0.1, 0.15) is 56.2 Å². The van der Waals surface area contributed by atoms with Crippen LogP contribution < -0.4 is 0 Å². The van der Waals surface area contributed by atoms with Gasteiger partial charge in [0.1, 0.15) is 5.76 Å². The number of rotatable bonds is 5. The van der Waals surface area contributed by atoms with Gasteiger partial charge < -0.3 is 14.2 Å². The van der Waals surface area contributed by atoms with Crippen LogP contribution in [0, 0.1) is 5.92 Å². The second kappa shape index (κ2) is 10.4. The van der Waals surface area contributed by atoms with E-state index in [-0.39, 0.29) is 29.5 Å². The molecule has 0 N–H and O–H groups in total. The Morgan fingerprint density at radius 3 is 2.29 bits per heavy atom. The van der Waals surface area contributed by atoms with Crippen LogP contribution in [0.15, 0.2) is 46.9 Å². The average Bonchev–Trinajstić information content (AvgIpc) is 3.31. The van der Waals surface area contributed by atoms with E-state index in [1.165, 1.54) is 6.07 Å². The van der Waals surface area contributed by atoms with Crippen molar-refractivity contribution in [1.29, 1.82) is 0 Å². The molecule has 0 radical (unpaired) electrons. The molecule has 1 aromatic carbocycles. The van der Waals surface area contributed by atoms with Crippen LogP contribution in [0.5, 0.6) is 0 Å². The largest absolute Gasteiger partial charge is 0.454 e. The summed E-state index contributed by atoms with van der Waals surface area (Å²) in [7, 11) is 0. The molecular weight excluding hydrogens is 459 g/mol. The first kappa shape index (κ1) is 25.3. The lowest BCUT2D eigenvalue weighted by atomic mass is 9.92. The van der Waals surface area contributed by atoms with Gasteiger partial charge in [-0.05, 0) is 43.4 Å². The molecule has 3 heterocycles. The summed E-state index contributed by atoms with van der Waals surface area (Å²) in [5.74, 6) is -0.318. The molecule has 2 fully saturated rings. The lowest BCUT2D eigenvalue weighted by Gasteiger charge is -2.43. The van der Waals surface area contributed by atoms with Crippen molar-refractivity contribution in [2.45, 2.75) is 51.4 Å². The highest BCUT2D eigenvalue weighted by molar-refractivity contribution is 5.77. The number of furan rings is 1. The Kier molecular flexibility index (Phi) is 7.54. The van der Waals surface area contributed by atoms with Crippen molar-refractivity contribution < 1.29 is 27.2 Å². The second-order valence-electron chi connectivity index (χ2n) is 9.60. The van der Waals surface area contributed by atoms with E-state index in [1.807, 2.05) is 47.1 Å². The van der Waals surface area contributed by atoms with Crippen LogP contribution in [-0.2, 0) is 15.8 Å². The Hall–Kier alpha value is -2.81. The van der Waals surface area contributed by atoms with E-state index in [2.05, 4.69) is 4.90 Å². The minimum absolute atomic E-state index is 0.0754. The molecule has 0 saturated carbocycles. The third kappa shape index (κ3) is 5.89. The number of benzene rings is 1. The predicted octanol–water partition coefficient (Wildman–Crippen LogP) is 4.57. The SMILES string of the molecule is CC(=O)N1CCC(CC(=O)N2CCN(C(c3ccccc3)c3ccc(C(F)(F)F)o3)CC2C)CC1. The third-order valence-corrected chi connectivity index (χ3v) is 7.16. The maximum absolute atomic E-state index is 13.2. The van der Waals surface area contributed by atoms with Crippen molar-refractivity contribution >= 4 is 11.8 Å². The summed E-state index contributed by atoms with van der Waals surface area (Å²) in [4.78, 5) is 30.5. The van der Waals surface area contributed by atoms with Gasteiger partial charge in [-0.15, -0.1) is 0 Å². The molecule has 2 aromatic rings. The number of piperidine rings is 1. The van der Waals surface area contributed by atoms with Crippen molar-refractivity contribution in [2.75, 3.05) is 32.7 Å². The standard InChI is InChI=1S/C26H32F3N3O3/c1-18-17-31(14-15-32(18)24(34)16-20-10-12-30(13-11-20)19(2)33)25(21-6-4-3-5-7-21)22-8-9-23(35-22)26(27,28)29/h3-9,18,20,25H,10-17H2,1-2H3. The van der Waals surface area contributed by atoms with Crippen molar-refractivity contribution in [3.8, 4) is 0 Å². The zero-order chi connectivity index (χ0) is 25.2. The Morgan fingerprint density at radius 2 is 1.71 bits per heavy atom. The molecule has 2 saturated heterocycles. The smallest absolute Gasteiger partial charge is 0.449 e. The summed E-state index contributed by atoms with van der Waals surface area (Å²) >= 11 is 0. The van der Waals surface area contributed by atoms with Gasteiger partial charge in [-0.1, -0.05) is 30.3 Å². The Labute approximate surface area is 203 Å². The molecule has 4 rings (SSSR count). The molecule has 190 valence electrons. The first-order chi connectivity index (χ1) is 16.6. The van der Waals surface area contributed by atoms with E-state index >= 15 is 0 Å². The lowest BCUT2D eigenvalue weighted by molar-refractivity contribution is -0.154. The molecule has 6 nitrogen and oxygen atoms in total. The fourth-order valence-corrected chi connectivity index (χ4v) is 5.25. The molecule has 2 unspecified atom stereocenters. The maximum atomic E-state index is 13.2. The zero-order valence-electron chi connectivity index (χ0n) is 20.1. The number of halogens is 3. The molecular formula is C26H32F3N3O3. The number of alkyl halides is 3. The van der Waals surface area contributed by atoms with E-state index in [0.717, 1.165) is 24.5 Å². The highest BCUT2D eigenvalue weighted by atomic mass is 19.4. The highest BCUT2D eigenvalue weighted by Gasteiger charge is 2.38. The van der Waals surface area contributed by atoms with Gasteiger partial charge in [-0.2, -0.15) is 13.2 Å². The summed E-state index contributed by atoms with van der Waals surface area (Å²) in [6, 6.07) is 11.2. The summed E-state index contributed by atoms with van der Waals surface area (Å²) in [6.45, 7) is 6.49. The van der Waals surface area contributed by atoms with E-state index in [1.54, 1.807) is 6.92 Å². The number of carbonyl (C=O) groups excluding carboxylic acids is 2. The number of hydrogen-bond donors (Lipinski definition) is 0. The quantitative estimate of drug-likeness (QED) is 0.615. The summed E-state index contributed by atoms with van der Waals surface area (Å²) in [6.07, 6.45) is -2.42. The van der Waals surface area contributed by atoms with Crippen LogP contribution in [0.4, 0.5) is 13.2 Å². The van der Waals surface area contributed by atoms with Gasteiger partial charge >= 0.3 is 6.18 Å². The van der Waals surface area contributed by atoms with Crippen LogP contribution in [0.25, 0.3) is 0 Å². The summed E-state index contributed by atoms with van der Waals surface area (Å²) in [5.41, 5.74) is 0.847. The van der Waals surface area contributed by atoms with Crippen LogP contribution in [-0.4, -0.2) is 65.3 Å². The number of amides is 2. The molecule has 1 aromatic heterocycles. The van der Waals surface area contributed by atoms with Crippen molar-refractivity contribution in [1.82, 2.24) is 14.7 Å². The Balaban J connectivity index is 1.43.